The minimum absolute atomic E-state index is 0.000699. The molecule has 8 rings (SSSR count). The Morgan fingerprint density at radius 2 is 1.20 bits per heavy atom. The molecule has 6 amide bonds. The van der Waals surface area contributed by atoms with Crippen LogP contribution in [0.2, 0.25) is 0 Å². The van der Waals surface area contributed by atoms with Crippen molar-refractivity contribution in [1.29, 1.82) is 0 Å². The highest BCUT2D eigenvalue weighted by molar-refractivity contribution is 6.36. The van der Waals surface area contributed by atoms with E-state index in [0.29, 0.717) is 55.3 Å². The lowest BCUT2D eigenvalue weighted by molar-refractivity contribution is -0.384. The molecule has 60 heavy (non-hydrogen) atoms. The predicted octanol–water partition coefficient (Wildman–Crippen LogP) is 4.00. The SMILES string of the molecule is CN1CCN(C(=O)c2cc(C(=O)NCCCNCCN3C(=O)c4cccc5cc([N+](=O)[O-])cc(c45)C3=O)cc(N3C(=O)c4cccc5cc([N+](=O)[O-])cc(c45)C3=O)c2)CC1. The molecule has 0 radical (unpaired) electrons. The Morgan fingerprint density at radius 3 is 1.82 bits per heavy atom. The predicted molar refractivity (Wildman–Crippen MR) is 217 cm³/mol. The third-order valence-corrected chi connectivity index (χ3v) is 11.0. The highest BCUT2D eigenvalue weighted by atomic mass is 16.6. The fourth-order valence-electron chi connectivity index (χ4n) is 7.90. The molecule has 0 aromatic heterocycles. The van der Waals surface area contributed by atoms with Crippen LogP contribution in [0.1, 0.15) is 68.6 Å². The van der Waals surface area contributed by atoms with Gasteiger partial charge in [-0.15, -0.1) is 0 Å². The van der Waals surface area contributed by atoms with Crippen LogP contribution < -0.4 is 15.5 Å². The van der Waals surface area contributed by atoms with Crippen molar-refractivity contribution in [1.82, 2.24) is 25.3 Å². The lowest BCUT2D eigenvalue weighted by atomic mass is 9.92. The molecule has 18 nitrogen and oxygen atoms in total. The van der Waals surface area contributed by atoms with Gasteiger partial charge in [0, 0.05) is 103 Å². The zero-order valence-electron chi connectivity index (χ0n) is 32.1. The second-order valence-corrected chi connectivity index (χ2v) is 14.7. The summed E-state index contributed by atoms with van der Waals surface area (Å²) in [7, 11) is 1.93. The molecule has 5 aromatic carbocycles. The Labute approximate surface area is 340 Å². The maximum Gasteiger partial charge on any atom is 0.270 e. The third-order valence-electron chi connectivity index (χ3n) is 11.0. The number of anilines is 1. The molecule has 1 saturated heterocycles. The highest BCUT2D eigenvalue weighted by Gasteiger charge is 2.37. The molecule has 0 saturated carbocycles. The molecule has 0 atom stereocenters. The second kappa shape index (κ2) is 15.7. The minimum atomic E-state index is -0.843. The van der Waals surface area contributed by atoms with Crippen LogP contribution in [0.25, 0.3) is 21.5 Å². The largest absolute Gasteiger partial charge is 0.352 e. The number of amides is 6. The number of hydrogen-bond donors (Lipinski definition) is 2. The van der Waals surface area contributed by atoms with Gasteiger partial charge in [0.1, 0.15) is 0 Å². The number of carbonyl (C=O) groups excluding carboxylic acids is 6. The molecule has 3 aliphatic heterocycles. The van der Waals surface area contributed by atoms with Gasteiger partial charge < -0.3 is 20.4 Å². The summed E-state index contributed by atoms with van der Waals surface area (Å²) < 4.78 is 0. The van der Waals surface area contributed by atoms with Gasteiger partial charge in [-0.2, -0.15) is 0 Å². The first-order valence-corrected chi connectivity index (χ1v) is 19.1. The van der Waals surface area contributed by atoms with Crippen LogP contribution in [-0.2, 0) is 0 Å². The first-order chi connectivity index (χ1) is 28.8. The Bertz CT molecular complexity index is 2730. The van der Waals surface area contributed by atoms with Crippen LogP contribution in [-0.4, -0.2) is 119 Å². The molecule has 3 aliphatic rings. The zero-order chi connectivity index (χ0) is 42.4. The van der Waals surface area contributed by atoms with Crippen molar-refractivity contribution in [3.63, 3.8) is 0 Å². The molecule has 1 fully saturated rings. The van der Waals surface area contributed by atoms with Crippen LogP contribution in [0.15, 0.2) is 78.9 Å². The number of benzene rings is 5. The number of nitrogens with zero attached hydrogens (tertiary/aromatic N) is 6. The van der Waals surface area contributed by atoms with Gasteiger partial charge in [-0.3, -0.25) is 53.9 Å². The number of hydrogen-bond acceptors (Lipinski definition) is 12. The fraction of sp³-hybridized carbons (Fsp3) is 0.238. The van der Waals surface area contributed by atoms with Crippen LogP contribution in [0.5, 0.6) is 0 Å². The molecule has 2 N–H and O–H groups in total. The third kappa shape index (κ3) is 7.07. The summed E-state index contributed by atoms with van der Waals surface area (Å²) in [5.41, 5.74) is -0.158. The first-order valence-electron chi connectivity index (χ1n) is 19.1. The number of imide groups is 2. The highest BCUT2D eigenvalue weighted by Crippen LogP contribution is 2.37. The number of non-ortho nitro benzene ring substituents is 2. The van der Waals surface area contributed by atoms with E-state index in [0.717, 1.165) is 15.9 Å². The number of nitro groups is 2. The molecule has 0 unspecified atom stereocenters. The van der Waals surface area contributed by atoms with Gasteiger partial charge in [0.2, 0.25) is 0 Å². The summed E-state index contributed by atoms with van der Waals surface area (Å²) in [6, 6.07) is 18.4. The lowest BCUT2D eigenvalue weighted by Gasteiger charge is -2.33. The molecular weight excluding hydrogens is 777 g/mol. The maximum atomic E-state index is 14.1. The molecular formula is C42H36N8O10. The number of nitrogens with one attached hydrogen (secondary N) is 2. The van der Waals surface area contributed by atoms with E-state index >= 15 is 0 Å². The van der Waals surface area contributed by atoms with Crippen LogP contribution >= 0.6 is 0 Å². The Hall–Kier alpha value is -7.44. The monoisotopic (exact) mass is 812 g/mol. The van der Waals surface area contributed by atoms with Gasteiger partial charge in [0.15, 0.2) is 0 Å². The number of piperazine rings is 1. The fourth-order valence-corrected chi connectivity index (χ4v) is 7.90. The van der Waals surface area contributed by atoms with Gasteiger partial charge >= 0.3 is 0 Å². The van der Waals surface area contributed by atoms with E-state index in [1.165, 1.54) is 42.5 Å². The van der Waals surface area contributed by atoms with E-state index in [2.05, 4.69) is 15.5 Å². The van der Waals surface area contributed by atoms with Gasteiger partial charge in [-0.1, -0.05) is 24.3 Å². The summed E-state index contributed by atoms with van der Waals surface area (Å²) in [5.74, 6) is -3.70. The summed E-state index contributed by atoms with van der Waals surface area (Å²) in [6.45, 7) is 2.77. The normalized spacial score (nSPS) is 15.2. The van der Waals surface area contributed by atoms with E-state index in [9.17, 15) is 49.0 Å². The Morgan fingerprint density at radius 1 is 0.650 bits per heavy atom. The molecule has 3 heterocycles. The summed E-state index contributed by atoms with van der Waals surface area (Å²) in [6.07, 6.45) is 0.400. The van der Waals surface area contributed by atoms with E-state index in [-0.39, 0.29) is 75.5 Å². The molecule has 0 bridgehead atoms. The number of carbonyl (C=O) groups is 6. The molecule has 0 aliphatic carbocycles. The van der Waals surface area contributed by atoms with E-state index < -0.39 is 45.3 Å². The molecule has 18 heteroatoms. The summed E-state index contributed by atoms with van der Waals surface area (Å²) >= 11 is 0. The molecule has 0 spiro atoms. The van der Waals surface area contributed by atoms with Crippen molar-refractivity contribution in [2.24, 2.45) is 0 Å². The number of likely N-dealkylation sites (N-methyl/N-ethyl adjacent to an activating group) is 1. The van der Waals surface area contributed by atoms with E-state index in [1.807, 2.05) is 7.05 Å². The van der Waals surface area contributed by atoms with Gasteiger partial charge in [-0.25, -0.2) is 4.90 Å². The standard InChI is InChI=1S/C42H36N8O10/c1-45-13-15-46(16-14-45)38(52)27-17-26(20-28(21-27)48-41(55)32-8-3-6-25-19-30(50(59)60)23-34(36(25)32)42(48)56)37(51)44-10-4-9-43-11-12-47-39(53)31-7-2-5-24-18-29(49(57)58)22-33(35(24)31)40(47)54/h2-3,5-8,17-23,43H,4,9-16H2,1H3,(H,44,51). The van der Waals surface area contributed by atoms with Crippen molar-refractivity contribution in [2.75, 3.05) is 64.3 Å². The second-order valence-electron chi connectivity index (χ2n) is 14.7. The van der Waals surface area contributed by atoms with Crippen LogP contribution in [0.3, 0.4) is 0 Å². The first kappa shape index (κ1) is 39.4. The van der Waals surface area contributed by atoms with Gasteiger partial charge in [-0.05, 0) is 61.1 Å². The number of nitro benzene ring substituents is 2. The summed E-state index contributed by atoms with van der Waals surface area (Å²) in [5, 5.41) is 30.6. The molecule has 304 valence electrons. The Kier molecular flexibility index (Phi) is 10.3. The van der Waals surface area contributed by atoms with Crippen molar-refractivity contribution < 1.29 is 38.6 Å². The minimum Gasteiger partial charge on any atom is -0.352 e. The maximum absolute atomic E-state index is 14.1. The van der Waals surface area contributed by atoms with Crippen LogP contribution in [0, 0.1) is 20.2 Å². The Balaban J connectivity index is 0.958. The van der Waals surface area contributed by atoms with Crippen molar-refractivity contribution in [3.05, 3.63) is 132 Å². The van der Waals surface area contributed by atoms with Gasteiger partial charge in [0.25, 0.3) is 46.8 Å². The average Bonchev–Trinajstić information content (AvgIpc) is 3.24. The lowest BCUT2D eigenvalue weighted by Crippen LogP contribution is -2.47. The quantitative estimate of drug-likeness (QED) is 0.0789. The van der Waals surface area contributed by atoms with Crippen molar-refractivity contribution in [3.8, 4) is 0 Å². The summed E-state index contributed by atoms with van der Waals surface area (Å²) in [4.78, 5) is 110. The number of rotatable bonds is 12. The van der Waals surface area contributed by atoms with Crippen LogP contribution in [0.4, 0.5) is 17.1 Å². The van der Waals surface area contributed by atoms with Crippen molar-refractivity contribution >= 4 is 74.1 Å². The van der Waals surface area contributed by atoms with E-state index in [4.69, 9.17) is 0 Å². The zero-order valence-corrected chi connectivity index (χ0v) is 32.1. The molecule has 5 aromatic rings. The smallest absolute Gasteiger partial charge is 0.270 e. The topological polar surface area (TPSA) is 226 Å². The average molecular weight is 813 g/mol. The van der Waals surface area contributed by atoms with Crippen molar-refractivity contribution in [2.45, 2.75) is 6.42 Å². The van der Waals surface area contributed by atoms with E-state index in [1.54, 1.807) is 35.2 Å². The van der Waals surface area contributed by atoms with Gasteiger partial charge in [0.05, 0.1) is 26.7 Å².